The van der Waals surface area contributed by atoms with Gasteiger partial charge in [0.05, 0.1) is 25.0 Å². The first-order valence-electron chi connectivity index (χ1n) is 9.69. The number of allylic oxidation sites excluding steroid dienone is 1. The van der Waals surface area contributed by atoms with E-state index in [1.165, 1.54) is 10.7 Å². The number of nitrogens with one attached hydrogen (secondary N) is 2. The number of rotatable bonds is 6. The summed E-state index contributed by atoms with van der Waals surface area (Å²) in [4.78, 5) is 13.4. The molecule has 10 nitrogen and oxygen atoms in total. The standard InChI is InChI=1S/C21H22N6O4/c1-4-31-17-11-13(9-10-15(17)28)19-18(12(2)22-21-24-25-26-27(19)21)20(29)23-14-7-5-6-8-16(14)30-3/h5-11,19,28H,4H2,1-3H3,(H,23,29)(H,22,24,26). The van der Waals surface area contributed by atoms with Crippen LogP contribution in [0.1, 0.15) is 25.5 Å². The predicted molar refractivity (Wildman–Crippen MR) is 113 cm³/mol. The van der Waals surface area contributed by atoms with Gasteiger partial charge in [0.25, 0.3) is 5.91 Å². The summed E-state index contributed by atoms with van der Waals surface area (Å²) in [6.45, 7) is 3.99. The SMILES string of the molecule is CCOc1cc(C2C(C(=O)Nc3ccccc3OC)=C(C)Nc3nnnn32)ccc1O. The van der Waals surface area contributed by atoms with Gasteiger partial charge >= 0.3 is 0 Å². The number of aromatic nitrogens is 4. The van der Waals surface area contributed by atoms with Crippen LogP contribution in [0.3, 0.4) is 0 Å². The van der Waals surface area contributed by atoms with Gasteiger partial charge in [-0.2, -0.15) is 4.68 Å². The maximum absolute atomic E-state index is 13.4. The van der Waals surface area contributed by atoms with Crippen molar-refractivity contribution in [2.45, 2.75) is 19.9 Å². The molecule has 1 unspecified atom stereocenters. The Labute approximate surface area is 178 Å². The number of anilines is 2. The number of benzene rings is 2. The van der Waals surface area contributed by atoms with E-state index in [9.17, 15) is 9.90 Å². The van der Waals surface area contributed by atoms with Crippen molar-refractivity contribution >= 4 is 17.5 Å². The average Bonchev–Trinajstić information content (AvgIpc) is 3.23. The highest BCUT2D eigenvalue weighted by Gasteiger charge is 2.34. The van der Waals surface area contributed by atoms with Gasteiger partial charge in [-0.1, -0.05) is 23.3 Å². The zero-order valence-electron chi connectivity index (χ0n) is 17.3. The minimum absolute atomic E-state index is 0.0113. The molecule has 1 aliphatic heterocycles. The Bertz CT molecular complexity index is 1160. The molecule has 0 aliphatic carbocycles. The Hall–Kier alpha value is -4.08. The van der Waals surface area contributed by atoms with E-state index in [-0.39, 0.29) is 11.7 Å². The Kier molecular flexibility index (Phi) is 5.44. The van der Waals surface area contributed by atoms with Crippen LogP contribution in [0.15, 0.2) is 53.7 Å². The third kappa shape index (κ3) is 3.75. The number of hydrogen-bond acceptors (Lipinski definition) is 8. The summed E-state index contributed by atoms with van der Waals surface area (Å²) in [6, 6.07) is 11.4. The number of nitrogens with zero attached hydrogens (tertiary/aromatic N) is 4. The Morgan fingerprint density at radius 2 is 2.06 bits per heavy atom. The fourth-order valence-corrected chi connectivity index (χ4v) is 3.52. The Balaban J connectivity index is 1.78. The van der Waals surface area contributed by atoms with E-state index in [2.05, 4.69) is 26.2 Å². The average molecular weight is 422 g/mol. The van der Waals surface area contributed by atoms with Crippen molar-refractivity contribution in [1.29, 1.82) is 0 Å². The number of ether oxygens (including phenoxy) is 2. The second-order valence-corrected chi connectivity index (χ2v) is 6.83. The van der Waals surface area contributed by atoms with Gasteiger partial charge in [-0.3, -0.25) is 4.79 Å². The van der Waals surface area contributed by atoms with Crippen molar-refractivity contribution in [2.75, 3.05) is 24.4 Å². The molecule has 1 aliphatic rings. The van der Waals surface area contributed by atoms with E-state index in [1.807, 2.05) is 19.1 Å². The molecule has 0 saturated carbocycles. The number of carbonyl (C=O) groups excluding carboxylic acids is 1. The summed E-state index contributed by atoms with van der Waals surface area (Å²) in [7, 11) is 1.54. The van der Waals surface area contributed by atoms with Crippen LogP contribution in [0, 0.1) is 0 Å². The van der Waals surface area contributed by atoms with Crippen LogP contribution in [0.25, 0.3) is 0 Å². The van der Waals surface area contributed by atoms with Crippen molar-refractivity contribution in [3.05, 3.63) is 59.3 Å². The van der Waals surface area contributed by atoms with Crippen LogP contribution in [0.2, 0.25) is 0 Å². The summed E-state index contributed by atoms with van der Waals surface area (Å²) >= 11 is 0. The minimum Gasteiger partial charge on any atom is -0.504 e. The first kappa shape index (κ1) is 20.2. The van der Waals surface area contributed by atoms with Crippen LogP contribution >= 0.6 is 0 Å². The molecule has 2 heterocycles. The smallest absolute Gasteiger partial charge is 0.255 e. The van der Waals surface area contributed by atoms with Crippen LogP contribution < -0.4 is 20.1 Å². The molecule has 3 N–H and O–H groups in total. The molecule has 4 rings (SSSR count). The number of phenolic OH excluding ortho intramolecular Hbond substituents is 1. The molecule has 0 radical (unpaired) electrons. The summed E-state index contributed by atoms with van der Waals surface area (Å²) in [5, 5.41) is 27.9. The molecule has 10 heteroatoms. The van der Waals surface area contributed by atoms with E-state index in [4.69, 9.17) is 9.47 Å². The van der Waals surface area contributed by atoms with E-state index in [0.29, 0.717) is 46.6 Å². The van der Waals surface area contributed by atoms with Gasteiger partial charge in [-0.15, -0.1) is 0 Å². The minimum atomic E-state index is -0.638. The van der Waals surface area contributed by atoms with Crippen LogP contribution in [-0.2, 0) is 4.79 Å². The number of tetrazole rings is 1. The summed E-state index contributed by atoms with van der Waals surface area (Å²) < 4.78 is 12.4. The van der Waals surface area contributed by atoms with Gasteiger partial charge in [0.1, 0.15) is 11.8 Å². The molecular formula is C21H22N6O4. The number of fused-ring (bicyclic) bond motifs is 1. The zero-order chi connectivity index (χ0) is 22.0. The molecule has 1 atom stereocenters. The van der Waals surface area contributed by atoms with E-state index < -0.39 is 6.04 Å². The number of phenols is 1. The molecule has 1 amide bonds. The van der Waals surface area contributed by atoms with Gasteiger partial charge in [0, 0.05) is 5.70 Å². The molecular weight excluding hydrogens is 400 g/mol. The van der Waals surface area contributed by atoms with Crippen LogP contribution in [0.5, 0.6) is 17.2 Å². The quantitative estimate of drug-likeness (QED) is 0.554. The lowest BCUT2D eigenvalue weighted by molar-refractivity contribution is -0.113. The second kappa shape index (κ2) is 8.34. The number of carbonyl (C=O) groups is 1. The number of amides is 1. The molecule has 0 bridgehead atoms. The summed E-state index contributed by atoms with van der Waals surface area (Å²) in [6.07, 6.45) is 0. The predicted octanol–water partition coefficient (Wildman–Crippen LogP) is 2.71. The maximum Gasteiger partial charge on any atom is 0.255 e. The largest absolute Gasteiger partial charge is 0.504 e. The highest BCUT2D eigenvalue weighted by molar-refractivity contribution is 6.06. The molecule has 160 valence electrons. The van der Waals surface area contributed by atoms with Crippen molar-refractivity contribution < 1.29 is 19.4 Å². The van der Waals surface area contributed by atoms with E-state index >= 15 is 0 Å². The maximum atomic E-state index is 13.4. The fourth-order valence-electron chi connectivity index (χ4n) is 3.52. The third-order valence-corrected chi connectivity index (χ3v) is 4.91. The Morgan fingerprint density at radius 1 is 1.26 bits per heavy atom. The van der Waals surface area contributed by atoms with Crippen molar-refractivity contribution in [1.82, 2.24) is 20.2 Å². The first-order chi connectivity index (χ1) is 15.0. The second-order valence-electron chi connectivity index (χ2n) is 6.83. The number of methoxy groups -OCH3 is 1. The van der Waals surface area contributed by atoms with E-state index in [0.717, 1.165) is 0 Å². The molecule has 2 aromatic carbocycles. The lowest BCUT2D eigenvalue weighted by atomic mass is 9.94. The van der Waals surface area contributed by atoms with Crippen molar-refractivity contribution in [3.63, 3.8) is 0 Å². The molecule has 31 heavy (non-hydrogen) atoms. The molecule has 3 aromatic rings. The zero-order valence-corrected chi connectivity index (χ0v) is 17.3. The fraction of sp³-hybridized carbons (Fsp3) is 0.238. The topological polar surface area (TPSA) is 123 Å². The van der Waals surface area contributed by atoms with Crippen molar-refractivity contribution in [2.24, 2.45) is 0 Å². The monoisotopic (exact) mass is 422 g/mol. The van der Waals surface area contributed by atoms with Crippen molar-refractivity contribution in [3.8, 4) is 17.2 Å². The van der Waals surface area contributed by atoms with Gasteiger partial charge in [0.2, 0.25) is 5.95 Å². The number of para-hydroxylation sites is 2. The first-order valence-corrected chi connectivity index (χ1v) is 9.69. The number of hydrogen-bond donors (Lipinski definition) is 3. The molecule has 0 saturated heterocycles. The van der Waals surface area contributed by atoms with Gasteiger partial charge in [0.15, 0.2) is 11.5 Å². The summed E-state index contributed by atoms with van der Waals surface area (Å²) in [5.74, 6) is 0.933. The molecule has 0 spiro atoms. The number of aromatic hydroxyl groups is 1. The van der Waals surface area contributed by atoms with E-state index in [1.54, 1.807) is 38.3 Å². The summed E-state index contributed by atoms with van der Waals surface area (Å²) in [5.41, 5.74) is 2.24. The third-order valence-electron chi connectivity index (χ3n) is 4.91. The van der Waals surface area contributed by atoms with Crippen LogP contribution in [-0.4, -0.2) is 44.9 Å². The highest BCUT2D eigenvalue weighted by Crippen LogP contribution is 2.38. The Morgan fingerprint density at radius 3 is 2.84 bits per heavy atom. The lowest BCUT2D eigenvalue weighted by Gasteiger charge is -2.28. The van der Waals surface area contributed by atoms with Gasteiger partial charge in [-0.25, -0.2) is 0 Å². The highest BCUT2D eigenvalue weighted by atomic mass is 16.5. The normalized spacial score (nSPS) is 15.1. The lowest BCUT2D eigenvalue weighted by Crippen LogP contribution is -2.31. The van der Waals surface area contributed by atoms with Gasteiger partial charge in [-0.05, 0) is 54.1 Å². The van der Waals surface area contributed by atoms with Gasteiger partial charge < -0.3 is 25.2 Å². The molecule has 1 aromatic heterocycles. The molecule has 0 fully saturated rings. The van der Waals surface area contributed by atoms with Crippen LogP contribution in [0.4, 0.5) is 11.6 Å².